The lowest BCUT2D eigenvalue weighted by Crippen LogP contribution is -2.28. The number of nitrogens with zero attached hydrogens (tertiary/aromatic N) is 4. The fraction of sp³-hybridized carbons (Fsp3) is 0.333. The normalized spacial score (nSPS) is 13.6. The maximum absolute atomic E-state index is 13.3. The Labute approximate surface area is 176 Å². The molecule has 1 saturated heterocycles. The standard InChI is InChI=1S/C24H27FN4O/c1-3-22-21(16-26-29(22)20-12-10-19(25)11-13-20)24(30)27(2)17-18-8-4-5-9-23(18)28-14-6-7-15-28/h4-5,8-13,16H,3,6-7,14-15,17H2,1-2H3. The molecular formula is C24H27FN4O. The number of hydrogen-bond donors (Lipinski definition) is 0. The first-order valence-electron chi connectivity index (χ1n) is 10.5. The third-order valence-electron chi connectivity index (χ3n) is 5.70. The van der Waals surface area contributed by atoms with Gasteiger partial charge in [0.15, 0.2) is 0 Å². The van der Waals surface area contributed by atoms with E-state index < -0.39 is 0 Å². The summed E-state index contributed by atoms with van der Waals surface area (Å²) in [6.45, 7) is 4.67. The van der Waals surface area contributed by atoms with Crippen molar-refractivity contribution in [3.63, 3.8) is 0 Å². The highest BCUT2D eigenvalue weighted by molar-refractivity contribution is 5.95. The quantitative estimate of drug-likeness (QED) is 0.607. The van der Waals surface area contributed by atoms with E-state index in [9.17, 15) is 9.18 Å². The number of benzene rings is 2. The van der Waals surface area contributed by atoms with Gasteiger partial charge in [-0.2, -0.15) is 5.10 Å². The molecule has 5 nitrogen and oxygen atoms in total. The van der Waals surface area contributed by atoms with Gasteiger partial charge >= 0.3 is 0 Å². The van der Waals surface area contributed by atoms with Gasteiger partial charge in [-0.3, -0.25) is 4.79 Å². The molecule has 2 heterocycles. The molecular weight excluding hydrogens is 379 g/mol. The number of carbonyl (C=O) groups is 1. The van der Waals surface area contributed by atoms with E-state index in [1.54, 1.807) is 27.9 Å². The minimum Gasteiger partial charge on any atom is -0.371 e. The van der Waals surface area contributed by atoms with Gasteiger partial charge in [0.25, 0.3) is 5.91 Å². The summed E-state index contributed by atoms with van der Waals surface area (Å²) in [5.74, 6) is -0.354. The van der Waals surface area contributed by atoms with Gasteiger partial charge < -0.3 is 9.80 Å². The smallest absolute Gasteiger partial charge is 0.257 e. The van der Waals surface area contributed by atoms with Crippen molar-refractivity contribution in [3.8, 4) is 5.69 Å². The zero-order valence-corrected chi connectivity index (χ0v) is 17.5. The molecule has 1 aliphatic heterocycles. The molecule has 1 aliphatic rings. The second-order valence-electron chi connectivity index (χ2n) is 7.73. The Kier molecular flexibility index (Phi) is 5.84. The number of halogens is 1. The zero-order chi connectivity index (χ0) is 21.1. The maximum Gasteiger partial charge on any atom is 0.257 e. The van der Waals surface area contributed by atoms with Crippen LogP contribution in [0.4, 0.5) is 10.1 Å². The van der Waals surface area contributed by atoms with Crippen molar-refractivity contribution < 1.29 is 9.18 Å². The Hall–Kier alpha value is -3.15. The average Bonchev–Trinajstić information content (AvgIpc) is 3.44. The lowest BCUT2D eigenvalue weighted by Gasteiger charge is -2.24. The number of carbonyl (C=O) groups excluding carboxylic acids is 1. The van der Waals surface area contributed by atoms with Crippen LogP contribution in [0, 0.1) is 5.82 Å². The largest absolute Gasteiger partial charge is 0.371 e. The molecule has 0 spiro atoms. The Balaban J connectivity index is 1.57. The van der Waals surface area contributed by atoms with Crippen LogP contribution in [0.2, 0.25) is 0 Å². The molecule has 0 atom stereocenters. The average molecular weight is 407 g/mol. The van der Waals surface area contributed by atoms with Crippen molar-refractivity contribution in [3.05, 3.63) is 77.4 Å². The molecule has 2 aromatic carbocycles. The van der Waals surface area contributed by atoms with Crippen molar-refractivity contribution in [2.45, 2.75) is 32.7 Å². The van der Waals surface area contributed by atoms with Crippen molar-refractivity contribution in [1.82, 2.24) is 14.7 Å². The van der Waals surface area contributed by atoms with Crippen LogP contribution < -0.4 is 4.90 Å². The van der Waals surface area contributed by atoms with E-state index in [2.05, 4.69) is 28.2 Å². The highest BCUT2D eigenvalue weighted by atomic mass is 19.1. The summed E-state index contributed by atoms with van der Waals surface area (Å²) in [6.07, 6.45) is 4.70. The van der Waals surface area contributed by atoms with Crippen LogP contribution in [0.25, 0.3) is 5.69 Å². The fourth-order valence-corrected chi connectivity index (χ4v) is 4.14. The molecule has 0 radical (unpaired) electrons. The molecule has 1 fully saturated rings. The van der Waals surface area contributed by atoms with E-state index in [1.807, 2.05) is 20.0 Å². The molecule has 0 aliphatic carbocycles. The SMILES string of the molecule is CCc1c(C(=O)N(C)Cc2ccccc2N2CCCC2)cnn1-c1ccc(F)cc1. The van der Waals surface area contributed by atoms with Crippen molar-refractivity contribution in [1.29, 1.82) is 0 Å². The van der Waals surface area contributed by atoms with Crippen LogP contribution in [0.15, 0.2) is 54.7 Å². The molecule has 3 aromatic rings. The molecule has 30 heavy (non-hydrogen) atoms. The minimum absolute atomic E-state index is 0.0589. The second-order valence-corrected chi connectivity index (χ2v) is 7.73. The fourth-order valence-electron chi connectivity index (χ4n) is 4.14. The van der Waals surface area contributed by atoms with Gasteiger partial charge in [0.1, 0.15) is 5.82 Å². The molecule has 1 amide bonds. The molecule has 0 N–H and O–H groups in total. The van der Waals surface area contributed by atoms with E-state index >= 15 is 0 Å². The predicted octanol–water partition coefficient (Wildman–Crippen LogP) is 4.45. The topological polar surface area (TPSA) is 41.4 Å². The number of rotatable bonds is 6. The third-order valence-corrected chi connectivity index (χ3v) is 5.70. The molecule has 1 aromatic heterocycles. The van der Waals surface area contributed by atoms with Crippen molar-refractivity contribution >= 4 is 11.6 Å². The number of hydrogen-bond acceptors (Lipinski definition) is 3. The van der Waals surface area contributed by atoms with Crippen LogP contribution in [0.3, 0.4) is 0 Å². The molecule has 0 saturated carbocycles. The Morgan fingerprint density at radius 1 is 1.10 bits per heavy atom. The summed E-state index contributed by atoms with van der Waals surface area (Å²) in [5, 5.41) is 4.42. The van der Waals surface area contributed by atoms with Gasteiger partial charge in [0.2, 0.25) is 0 Å². The van der Waals surface area contributed by atoms with Crippen LogP contribution >= 0.6 is 0 Å². The number of para-hydroxylation sites is 1. The van der Waals surface area contributed by atoms with Gasteiger partial charge in [-0.1, -0.05) is 25.1 Å². The van der Waals surface area contributed by atoms with E-state index in [1.165, 1.54) is 30.7 Å². The van der Waals surface area contributed by atoms with Gasteiger partial charge in [0.05, 0.1) is 23.1 Å². The number of aromatic nitrogens is 2. The van der Waals surface area contributed by atoms with Gasteiger partial charge in [0, 0.05) is 32.4 Å². The summed E-state index contributed by atoms with van der Waals surface area (Å²) in [5.41, 5.74) is 4.52. The zero-order valence-electron chi connectivity index (χ0n) is 17.5. The third kappa shape index (κ3) is 3.95. The van der Waals surface area contributed by atoms with Crippen LogP contribution in [0.5, 0.6) is 0 Å². The molecule has 0 bridgehead atoms. The first-order chi connectivity index (χ1) is 14.6. The first kappa shape index (κ1) is 20.1. The summed E-state index contributed by atoms with van der Waals surface area (Å²) in [7, 11) is 1.83. The first-order valence-corrected chi connectivity index (χ1v) is 10.5. The molecule has 156 valence electrons. The maximum atomic E-state index is 13.3. The van der Waals surface area contributed by atoms with Crippen LogP contribution in [-0.4, -0.2) is 40.7 Å². The summed E-state index contributed by atoms with van der Waals surface area (Å²) in [4.78, 5) is 17.4. The van der Waals surface area contributed by atoms with E-state index in [-0.39, 0.29) is 11.7 Å². The van der Waals surface area contributed by atoms with Gasteiger partial charge in [-0.25, -0.2) is 9.07 Å². The summed E-state index contributed by atoms with van der Waals surface area (Å²) < 4.78 is 15.0. The van der Waals surface area contributed by atoms with Crippen molar-refractivity contribution in [2.75, 3.05) is 25.0 Å². The lowest BCUT2D eigenvalue weighted by atomic mass is 10.1. The number of anilines is 1. The van der Waals surface area contributed by atoms with Gasteiger partial charge in [-0.15, -0.1) is 0 Å². The minimum atomic E-state index is -0.295. The molecule has 0 unspecified atom stereocenters. The van der Waals surface area contributed by atoms with Crippen LogP contribution in [-0.2, 0) is 13.0 Å². The summed E-state index contributed by atoms with van der Waals surface area (Å²) >= 11 is 0. The second kappa shape index (κ2) is 8.69. The predicted molar refractivity (Wildman–Crippen MR) is 117 cm³/mol. The highest BCUT2D eigenvalue weighted by Gasteiger charge is 2.22. The van der Waals surface area contributed by atoms with E-state index in [0.29, 0.717) is 18.5 Å². The lowest BCUT2D eigenvalue weighted by molar-refractivity contribution is 0.0784. The Bertz CT molecular complexity index is 1020. The monoisotopic (exact) mass is 406 g/mol. The Morgan fingerprint density at radius 2 is 1.80 bits per heavy atom. The van der Waals surface area contributed by atoms with E-state index in [4.69, 9.17) is 0 Å². The van der Waals surface area contributed by atoms with Gasteiger partial charge in [-0.05, 0) is 55.2 Å². The molecule has 6 heteroatoms. The highest BCUT2D eigenvalue weighted by Crippen LogP contribution is 2.26. The summed E-state index contributed by atoms with van der Waals surface area (Å²) in [6, 6.07) is 14.5. The van der Waals surface area contributed by atoms with Crippen LogP contribution in [0.1, 0.15) is 41.4 Å². The van der Waals surface area contributed by atoms with Crippen molar-refractivity contribution in [2.24, 2.45) is 0 Å². The van der Waals surface area contributed by atoms with E-state index in [0.717, 1.165) is 30.0 Å². The Morgan fingerprint density at radius 3 is 2.50 bits per heavy atom. The molecule has 4 rings (SSSR count). The number of amides is 1.